The molecule has 1 aliphatic heterocycles. The quantitative estimate of drug-likeness (QED) is 0.625. The van der Waals surface area contributed by atoms with Crippen LogP contribution < -0.4 is 4.74 Å². The van der Waals surface area contributed by atoms with Crippen molar-refractivity contribution in [2.75, 3.05) is 25.4 Å². The zero-order valence-corrected chi connectivity index (χ0v) is 16.8. The van der Waals surface area contributed by atoms with E-state index in [1.165, 1.54) is 25.7 Å². The van der Waals surface area contributed by atoms with Crippen molar-refractivity contribution >= 4 is 24.0 Å². The van der Waals surface area contributed by atoms with Gasteiger partial charge in [0.15, 0.2) is 0 Å². The standard InChI is InChI=1S/C21H28FNO4S/c22-28-10-9-27-19-7-5-15(6-8-19)11-18(21(25)26)12-20(24)23-13-16-3-1-2-4-17(16)14-23/h5-8,16-18H,1-4,9-14H2,(H,25,26)/t16?,17?,18-/m0/s1. The number of carbonyl (C=O) groups is 2. The monoisotopic (exact) mass is 409 g/mol. The van der Waals surface area contributed by atoms with Gasteiger partial charge in [0.25, 0.3) is 0 Å². The predicted molar refractivity (Wildman–Crippen MR) is 107 cm³/mol. The van der Waals surface area contributed by atoms with Crippen molar-refractivity contribution in [1.29, 1.82) is 0 Å². The molecule has 1 aliphatic carbocycles. The Kier molecular flexibility index (Phi) is 7.59. The minimum atomic E-state index is -0.940. The topological polar surface area (TPSA) is 66.8 Å². The Balaban J connectivity index is 1.53. The molecule has 1 saturated carbocycles. The van der Waals surface area contributed by atoms with E-state index in [1.807, 2.05) is 17.0 Å². The van der Waals surface area contributed by atoms with Crippen LogP contribution in [0.5, 0.6) is 5.75 Å². The first kappa shape index (κ1) is 21.0. The third-order valence-corrected chi connectivity index (χ3v) is 6.25. The van der Waals surface area contributed by atoms with E-state index in [0.717, 1.165) is 18.7 Å². The van der Waals surface area contributed by atoms with E-state index in [2.05, 4.69) is 0 Å². The minimum Gasteiger partial charge on any atom is -0.493 e. The zero-order valence-electron chi connectivity index (χ0n) is 16.0. The van der Waals surface area contributed by atoms with E-state index in [1.54, 1.807) is 12.1 Å². The summed E-state index contributed by atoms with van der Waals surface area (Å²) in [6.07, 6.45) is 5.22. The maximum atomic E-state index is 12.7. The molecule has 2 aliphatic rings. The van der Waals surface area contributed by atoms with Crippen LogP contribution in [0.15, 0.2) is 24.3 Å². The number of amides is 1. The molecule has 3 rings (SSSR count). The van der Waals surface area contributed by atoms with Crippen molar-refractivity contribution in [2.45, 2.75) is 38.5 Å². The van der Waals surface area contributed by atoms with Gasteiger partial charge in [0.2, 0.25) is 5.91 Å². The third kappa shape index (κ3) is 5.63. The molecular formula is C21H28FNO4S. The molecule has 0 spiro atoms. The van der Waals surface area contributed by atoms with Crippen molar-refractivity contribution < 1.29 is 23.3 Å². The first-order valence-corrected chi connectivity index (χ1v) is 10.9. The second kappa shape index (κ2) is 10.1. The number of halogens is 1. The van der Waals surface area contributed by atoms with Crippen molar-refractivity contribution in [3.05, 3.63) is 29.8 Å². The van der Waals surface area contributed by atoms with E-state index >= 15 is 0 Å². The molecule has 0 aromatic heterocycles. The summed E-state index contributed by atoms with van der Waals surface area (Å²) >= 11 is 0.232. The molecule has 0 radical (unpaired) electrons. The molecule has 2 fully saturated rings. The Morgan fingerprint density at radius 1 is 1.18 bits per heavy atom. The second-order valence-corrected chi connectivity index (χ2v) is 8.48. The molecule has 0 bridgehead atoms. The Labute approximate surface area is 169 Å². The summed E-state index contributed by atoms with van der Waals surface area (Å²) in [6, 6.07) is 7.12. The normalized spacial score (nSPS) is 22.5. The van der Waals surface area contributed by atoms with Crippen LogP contribution in [0, 0.1) is 17.8 Å². The number of benzene rings is 1. The number of carboxylic acid groups (broad SMARTS) is 1. The fourth-order valence-electron chi connectivity index (χ4n) is 4.39. The second-order valence-electron chi connectivity index (χ2n) is 7.85. The van der Waals surface area contributed by atoms with Gasteiger partial charge in [-0.25, -0.2) is 0 Å². The average Bonchev–Trinajstić information content (AvgIpc) is 3.13. The molecular weight excluding hydrogens is 381 g/mol. The van der Waals surface area contributed by atoms with Crippen LogP contribution in [0.3, 0.4) is 0 Å². The number of hydrogen-bond donors (Lipinski definition) is 1. The SMILES string of the molecule is O=C(O)[C@H](CC(=O)N1CC2CCCCC2C1)Cc1ccc(OCCSF)cc1. The average molecular weight is 410 g/mol. The van der Waals surface area contributed by atoms with Crippen LogP contribution >= 0.6 is 12.1 Å². The molecule has 1 saturated heterocycles. The predicted octanol–water partition coefficient (Wildman–Crippen LogP) is 3.97. The van der Waals surface area contributed by atoms with Crippen molar-refractivity contribution in [1.82, 2.24) is 4.90 Å². The molecule has 28 heavy (non-hydrogen) atoms. The summed E-state index contributed by atoms with van der Waals surface area (Å²) in [7, 11) is 0. The van der Waals surface area contributed by atoms with Crippen LogP contribution in [0.25, 0.3) is 0 Å². The number of hydrogen-bond acceptors (Lipinski definition) is 4. The number of carboxylic acids is 1. The van der Waals surface area contributed by atoms with E-state index in [4.69, 9.17) is 4.74 Å². The lowest BCUT2D eigenvalue weighted by molar-refractivity contribution is -0.145. The van der Waals surface area contributed by atoms with Crippen LogP contribution in [0.4, 0.5) is 3.89 Å². The van der Waals surface area contributed by atoms with E-state index in [9.17, 15) is 18.6 Å². The molecule has 7 heteroatoms. The number of ether oxygens (including phenoxy) is 1. The van der Waals surface area contributed by atoms with Gasteiger partial charge >= 0.3 is 5.97 Å². The number of carbonyl (C=O) groups excluding carboxylic acids is 1. The van der Waals surface area contributed by atoms with Crippen LogP contribution in [0.2, 0.25) is 0 Å². The van der Waals surface area contributed by atoms with E-state index in [-0.39, 0.29) is 36.8 Å². The fourth-order valence-corrected chi connectivity index (χ4v) is 4.54. The van der Waals surface area contributed by atoms with Gasteiger partial charge in [-0.05, 0) is 48.8 Å². The Hall–Kier alpha value is -1.76. The highest BCUT2D eigenvalue weighted by Crippen LogP contribution is 2.36. The molecule has 1 amide bonds. The Morgan fingerprint density at radius 3 is 2.39 bits per heavy atom. The van der Waals surface area contributed by atoms with E-state index < -0.39 is 11.9 Å². The van der Waals surface area contributed by atoms with Crippen LogP contribution in [0.1, 0.15) is 37.7 Å². The summed E-state index contributed by atoms with van der Waals surface area (Å²) < 4.78 is 17.4. The maximum absolute atomic E-state index is 12.7. The highest BCUT2D eigenvalue weighted by atomic mass is 32.2. The van der Waals surface area contributed by atoms with Gasteiger partial charge in [-0.1, -0.05) is 25.0 Å². The van der Waals surface area contributed by atoms with Crippen molar-refractivity contribution in [3.63, 3.8) is 0 Å². The summed E-state index contributed by atoms with van der Waals surface area (Å²) in [5, 5.41) is 9.60. The summed E-state index contributed by atoms with van der Waals surface area (Å²) in [4.78, 5) is 26.3. The Morgan fingerprint density at radius 2 is 1.82 bits per heavy atom. The van der Waals surface area contributed by atoms with Gasteiger partial charge in [0.05, 0.1) is 18.3 Å². The lowest BCUT2D eigenvalue weighted by atomic mass is 9.82. The first-order chi connectivity index (χ1) is 13.6. The summed E-state index contributed by atoms with van der Waals surface area (Å²) in [5.74, 6) is 0.387. The highest BCUT2D eigenvalue weighted by molar-refractivity contribution is 7.94. The molecule has 5 nitrogen and oxygen atoms in total. The number of fused-ring (bicyclic) bond motifs is 1. The molecule has 1 heterocycles. The minimum absolute atomic E-state index is 0.0366. The lowest BCUT2D eigenvalue weighted by Gasteiger charge is -2.22. The molecule has 1 N–H and O–H groups in total. The van der Waals surface area contributed by atoms with Gasteiger partial charge in [0.1, 0.15) is 5.75 Å². The molecule has 2 unspecified atom stereocenters. The van der Waals surface area contributed by atoms with E-state index in [0.29, 0.717) is 24.0 Å². The first-order valence-electron chi connectivity index (χ1n) is 10.0. The Bertz CT molecular complexity index is 655. The van der Waals surface area contributed by atoms with Crippen molar-refractivity contribution in [2.24, 2.45) is 17.8 Å². The molecule has 154 valence electrons. The highest BCUT2D eigenvalue weighted by Gasteiger charge is 2.37. The molecule has 3 atom stereocenters. The van der Waals surface area contributed by atoms with Gasteiger partial charge in [0, 0.05) is 31.7 Å². The lowest BCUT2D eigenvalue weighted by Crippen LogP contribution is -2.33. The number of aliphatic carboxylic acids is 1. The van der Waals surface area contributed by atoms with Gasteiger partial charge in [-0.3, -0.25) is 9.59 Å². The van der Waals surface area contributed by atoms with Crippen LogP contribution in [-0.2, 0) is 16.0 Å². The number of rotatable bonds is 9. The third-order valence-electron chi connectivity index (χ3n) is 5.93. The molecule has 1 aromatic rings. The van der Waals surface area contributed by atoms with Crippen molar-refractivity contribution in [3.8, 4) is 5.75 Å². The summed E-state index contributed by atoms with van der Waals surface area (Å²) in [5.41, 5.74) is 0.850. The van der Waals surface area contributed by atoms with Crippen LogP contribution in [-0.4, -0.2) is 47.3 Å². The summed E-state index contributed by atoms with van der Waals surface area (Å²) in [6.45, 7) is 1.86. The number of nitrogens with zero attached hydrogens (tertiary/aromatic N) is 1. The smallest absolute Gasteiger partial charge is 0.307 e. The maximum Gasteiger partial charge on any atom is 0.307 e. The van der Waals surface area contributed by atoms with Gasteiger partial charge < -0.3 is 14.7 Å². The largest absolute Gasteiger partial charge is 0.493 e. The van der Waals surface area contributed by atoms with Gasteiger partial charge in [-0.2, -0.15) is 3.89 Å². The fraction of sp³-hybridized carbons (Fsp3) is 0.619. The molecule has 1 aromatic carbocycles. The number of likely N-dealkylation sites (tertiary alicyclic amines) is 1. The van der Waals surface area contributed by atoms with Gasteiger partial charge in [-0.15, -0.1) is 0 Å². The zero-order chi connectivity index (χ0) is 19.9.